The lowest BCUT2D eigenvalue weighted by Crippen LogP contribution is -2.28. The minimum absolute atomic E-state index is 0.276. The van der Waals surface area contributed by atoms with Gasteiger partial charge in [-0.05, 0) is 6.07 Å². The fraction of sp³-hybridized carbons (Fsp3) is 0. The van der Waals surface area contributed by atoms with Crippen molar-refractivity contribution in [2.75, 3.05) is 10.0 Å². The number of nitrogens with one attached hydrogen (secondary N) is 1. The van der Waals surface area contributed by atoms with E-state index in [4.69, 9.17) is 5.73 Å². The van der Waals surface area contributed by atoms with Gasteiger partial charge in [0.25, 0.3) is 0 Å². The monoisotopic (exact) mass is 212 g/mol. The molecule has 0 fully saturated rings. The standard InChI is InChI=1S/C7H8N4O2S/c8-7-5-6(1-2-9-7)11-4-3-10-14(11,12)13/h1-5,10H,(H2,8,9). The molecule has 0 saturated heterocycles. The van der Waals surface area contributed by atoms with E-state index in [0.29, 0.717) is 5.69 Å². The molecular formula is C7H8N4O2S. The van der Waals surface area contributed by atoms with E-state index in [-0.39, 0.29) is 5.82 Å². The zero-order valence-electron chi connectivity index (χ0n) is 7.08. The highest BCUT2D eigenvalue weighted by Gasteiger charge is 2.23. The van der Waals surface area contributed by atoms with Crippen LogP contribution in [-0.4, -0.2) is 13.4 Å². The molecule has 0 aromatic carbocycles. The summed E-state index contributed by atoms with van der Waals surface area (Å²) >= 11 is 0. The first-order chi connectivity index (χ1) is 6.59. The second kappa shape index (κ2) is 2.88. The highest BCUT2D eigenvalue weighted by Crippen LogP contribution is 2.21. The number of anilines is 2. The Morgan fingerprint density at radius 3 is 2.86 bits per heavy atom. The quantitative estimate of drug-likeness (QED) is 0.674. The average Bonchev–Trinajstić information content (AvgIpc) is 2.45. The summed E-state index contributed by atoms with van der Waals surface area (Å²) < 4.78 is 26.0. The summed E-state index contributed by atoms with van der Waals surface area (Å²) in [5, 5.41) is 0. The highest BCUT2D eigenvalue weighted by atomic mass is 32.2. The maximum Gasteiger partial charge on any atom is 0.327 e. The van der Waals surface area contributed by atoms with Crippen LogP contribution in [0.15, 0.2) is 30.7 Å². The number of hydrogen-bond acceptors (Lipinski definition) is 4. The molecule has 0 aliphatic carbocycles. The first-order valence-electron chi connectivity index (χ1n) is 3.79. The van der Waals surface area contributed by atoms with E-state index < -0.39 is 10.2 Å². The molecule has 1 aliphatic heterocycles. The summed E-state index contributed by atoms with van der Waals surface area (Å²) in [6.07, 6.45) is 4.20. The highest BCUT2D eigenvalue weighted by molar-refractivity contribution is 7.91. The van der Waals surface area contributed by atoms with Crippen molar-refractivity contribution in [3.63, 3.8) is 0 Å². The van der Waals surface area contributed by atoms with Crippen molar-refractivity contribution in [3.8, 4) is 0 Å². The topological polar surface area (TPSA) is 88.3 Å². The van der Waals surface area contributed by atoms with E-state index in [2.05, 4.69) is 9.71 Å². The minimum atomic E-state index is -3.47. The number of rotatable bonds is 1. The zero-order valence-corrected chi connectivity index (χ0v) is 7.90. The smallest absolute Gasteiger partial charge is 0.327 e. The third-order valence-electron chi connectivity index (χ3n) is 1.70. The Kier molecular flexibility index (Phi) is 1.81. The van der Waals surface area contributed by atoms with Crippen LogP contribution < -0.4 is 14.8 Å². The molecule has 0 bridgehead atoms. The van der Waals surface area contributed by atoms with Crippen molar-refractivity contribution in [2.24, 2.45) is 0 Å². The first-order valence-corrected chi connectivity index (χ1v) is 5.23. The summed E-state index contributed by atoms with van der Waals surface area (Å²) in [7, 11) is -3.47. The van der Waals surface area contributed by atoms with E-state index in [0.717, 1.165) is 4.31 Å². The van der Waals surface area contributed by atoms with Crippen LogP contribution in [0.4, 0.5) is 11.5 Å². The minimum Gasteiger partial charge on any atom is -0.384 e. The van der Waals surface area contributed by atoms with E-state index in [1.54, 1.807) is 6.07 Å². The van der Waals surface area contributed by atoms with Gasteiger partial charge in [0.2, 0.25) is 0 Å². The Balaban J connectivity index is 2.46. The summed E-state index contributed by atoms with van der Waals surface area (Å²) in [4.78, 5) is 3.77. The Hall–Kier alpha value is -1.76. The summed E-state index contributed by atoms with van der Waals surface area (Å²) in [5.41, 5.74) is 5.89. The van der Waals surface area contributed by atoms with Gasteiger partial charge < -0.3 is 5.73 Å². The number of nitrogens with zero attached hydrogens (tertiary/aromatic N) is 2. The van der Waals surface area contributed by atoms with Crippen LogP contribution in [-0.2, 0) is 10.2 Å². The Morgan fingerprint density at radius 1 is 1.50 bits per heavy atom. The molecule has 7 heteroatoms. The number of aromatic nitrogens is 1. The van der Waals surface area contributed by atoms with Crippen molar-refractivity contribution in [1.29, 1.82) is 0 Å². The van der Waals surface area contributed by atoms with Crippen LogP contribution in [0.5, 0.6) is 0 Å². The molecule has 1 aliphatic rings. The molecule has 3 N–H and O–H groups in total. The van der Waals surface area contributed by atoms with Crippen molar-refractivity contribution >= 4 is 21.7 Å². The lowest BCUT2D eigenvalue weighted by molar-refractivity contribution is 0.593. The van der Waals surface area contributed by atoms with E-state index in [9.17, 15) is 8.42 Å². The van der Waals surface area contributed by atoms with Crippen molar-refractivity contribution in [2.45, 2.75) is 0 Å². The largest absolute Gasteiger partial charge is 0.384 e. The summed E-state index contributed by atoms with van der Waals surface area (Å²) in [6, 6.07) is 3.04. The van der Waals surface area contributed by atoms with Crippen LogP contribution >= 0.6 is 0 Å². The molecule has 2 rings (SSSR count). The third kappa shape index (κ3) is 1.37. The van der Waals surface area contributed by atoms with Gasteiger partial charge in [-0.2, -0.15) is 8.42 Å². The first kappa shape index (κ1) is 8.82. The second-order valence-electron chi connectivity index (χ2n) is 2.67. The molecule has 0 spiro atoms. The van der Waals surface area contributed by atoms with E-state index in [1.165, 1.54) is 24.7 Å². The van der Waals surface area contributed by atoms with Crippen LogP contribution in [0.1, 0.15) is 0 Å². The van der Waals surface area contributed by atoms with Gasteiger partial charge in [0, 0.05) is 24.7 Å². The fourth-order valence-electron chi connectivity index (χ4n) is 1.12. The Bertz CT molecular complexity index is 482. The molecule has 0 atom stereocenters. The van der Waals surface area contributed by atoms with Gasteiger partial charge in [0.1, 0.15) is 5.82 Å². The van der Waals surface area contributed by atoms with Gasteiger partial charge in [-0.1, -0.05) is 0 Å². The van der Waals surface area contributed by atoms with Crippen LogP contribution in [0, 0.1) is 0 Å². The third-order valence-corrected chi connectivity index (χ3v) is 2.99. The molecule has 1 aromatic heterocycles. The lowest BCUT2D eigenvalue weighted by atomic mass is 10.4. The van der Waals surface area contributed by atoms with Crippen LogP contribution in [0.3, 0.4) is 0 Å². The molecule has 2 heterocycles. The molecule has 0 unspecified atom stereocenters. The SMILES string of the molecule is Nc1cc(N2C=CNS2(=O)=O)ccn1. The van der Waals surface area contributed by atoms with Gasteiger partial charge in [0.05, 0.1) is 5.69 Å². The van der Waals surface area contributed by atoms with Gasteiger partial charge in [-0.3, -0.25) is 4.72 Å². The molecule has 6 nitrogen and oxygen atoms in total. The van der Waals surface area contributed by atoms with Crippen LogP contribution in [0.2, 0.25) is 0 Å². The number of nitrogens with two attached hydrogens (primary N) is 1. The molecule has 0 radical (unpaired) electrons. The maximum atomic E-state index is 11.4. The fourth-order valence-corrected chi connectivity index (χ4v) is 2.08. The zero-order chi connectivity index (χ0) is 10.2. The predicted molar refractivity (Wildman–Crippen MR) is 52.3 cm³/mol. The lowest BCUT2D eigenvalue weighted by Gasteiger charge is -2.13. The van der Waals surface area contributed by atoms with Gasteiger partial charge in [0.15, 0.2) is 0 Å². The summed E-state index contributed by atoms with van der Waals surface area (Å²) in [6.45, 7) is 0. The Morgan fingerprint density at radius 2 is 2.29 bits per heavy atom. The van der Waals surface area contributed by atoms with E-state index in [1.807, 2.05) is 0 Å². The molecule has 1 aromatic rings. The molecule has 14 heavy (non-hydrogen) atoms. The van der Waals surface area contributed by atoms with Gasteiger partial charge in [-0.25, -0.2) is 9.29 Å². The molecule has 74 valence electrons. The number of pyridine rings is 1. The maximum absolute atomic E-state index is 11.4. The second-order valence-corrected chi connectivity index (χ2v) is 4.25. The predicted octanol–water partition coefficient (Wildman–Crippen LogP) is -0.211. The molecule has 0 amide bonds. The normalized spacial score (nSPS) is 18.1. The van der Waals surface area contributed by atoms with Crippen molar-refractivity contribution in [3.05, 3.63) is 30.7 Å². The molecular weight excluding hydrogens is 204 g/mol. The average molecular weight is 212 g/mol. The Labute approximate surface area is 81.2 Å². The molecule has 0 saturated carbocycles. The number of nitrogen functional groups attached to an aromatic ring is 1. The van der Waals surface area contributed by atoms with Gasteiger partial charge in [-0.15, -0.1) is 0 Å². The summed E-state index contributed by atoms with van der Waals surface area (Å²) in [5.74, 6) is 0.276. The number of hydrogen-bond donors (Lipinski definition) is 2. The van der Waals surface area contributed by atoms with Gasteiger partial charge >= 0.3 is 10.2 Å². The van der Waals surface area contributed by atoms with E-state index >= 15 is 0 Å². The van der Waals surface area contributed by atoms with Crippen LogP contribution in [0.25, 0.3) is 0 Å². The van der Waals surface area contributed by atoms with Crippen molar-refractivity contribution < 1.29 is 8.42 Å². The van der Waals surface area contributed by atoms with Crippen molar-refractivity contribution in [1.82, 2.24) is 9.71 Å².